The standard InChI is InChI=1S/C17H14O4.C15H10O4/c1-19-12-5-3-4-11(8-12)16-10-15(18)14-7-6-13(20-2)9-17(14)21-16;1-7-5-9-13(11(17)6-7)15(19)12-8(14(9)18)3-2-4-10(12)16/h3-10H,1-2H3;2-6,16-17H,1H3. The molecule has 200 valence electrons. The van der Waals surface area contributed by atoms with E-state index in [1.165, 1.54) is 30.3 Å². The highest BCUT2D eigenvalue weighted by Crippen LogP contribution is 2.37. The maximum absolute atomic E-state index is 12.3. The van der Waals surface area contributed by atoms with Gasteiger partial charge in [-0.05, 0) is 55.0 Å². The van der Waals surface area contributed by atoms with Gasteiger partial charge in [-0.3, -0.25) is 14.4 Å². The van der Waals surface area contributed by atoms with Gasteiger partial charge in [0.1, 0.15) is 34.3 Å². The molecule has 1 aliphatic rings. The topological polar surface area (TPSA) is 123 Å². The highest BCUT2D eigenvalue weighted by molar-refractivity contribution is 6.30. The first kappa shape index (κ1) is 26.2. The molecule has 4 aromatic carbocycles. The van der Waals surface area contributed by atoms with Gasteiger partial charge in [0, 0.05) is 28.8 Å². The van der Waals surface area contributed by atoms with Crippen molar-refractivity contribution in [2.24, 2.45) is 0 Å². The van der Waals surface area contributed by atoms with Crippen LogP contribution in [0.5, 0.6) is 23.0 Å². The molecule has 0 amide bonds. The van der Waals surface area contributed by atoms with Crippen LogP contribution in [0.1, 0.15) is 37.4 Å². The minimum absolute atomic E-state index is 0.0374. The van der Waals surface area contributed by atoms with E-state index in [2.05, 4.69) is 0 Å². The van der Waals surface area contributed by atoms with Crippen LogP contribution in [0.2, 0.25) is 0 Å². The van der Waals surface area contributed by atoms with Crippen molar-refractivity contribution in [2.75, 3.05) is 14.2 Å². The Kier molecular flexibility index (Phi) is 6.83. The number of hydrogen-bond donors (Lipinski definition) is 2. The number of aromatic hydroxyl groups is 2. The van der Waals surface area contributed by atoms with Gasteiger partial charge in [-0.15, -0.1) is 0 Å². The number of carbonyl (C=O) groups excluding carboxylic acids is 2. The highest BCUT2D eigenvalue weighted by Gasteiger charge is 2.34. The Morgan fingerprint density at radius 1 is 0.675 bits per heavy atom. The van der Waals surface area contributed by atoms with E-state index < -0.39 is 5.78 Å². The average Bonchev–Trinajstić information content (AvgIpc) is 2.95. The summed E-state index contributed by atoms with van der Waals surface area (Å²) in [6.45, 7) is 1.73. The molecular formula is C32H24O8. The van der Waals surface area contributed by atoms with E-state index in [4.69, 9.17) is 13.9 Å². The van der Waals surface area contributed by atoms with Crippen molar-refractivity contribution in [1.82, 2.24) is 0 Å². The Balaban J connectivity index is 0.000000162. The lowest BCUT2D eigenvalue weighted by molar-refractivity contribution is 0.0974. The summed E-state index contributed by atoms with van der Waals surface area (Å²) in [5.41, 5.74) is 2.17. The highest BCUT2D eigenvalue weighted by atomic mass is 16.5. The van der Waals surface area contributed by atoms with Gasteiger partial charge in [-0.2, -0.15) is 0 Å². The van der Waals surface area contributed by atoms with Crippen molar-refractivity contribution in [3.8, 4) is 34.3 Å². The molecule has 0 fully saturated rings. The molecular weight excluding hydrogens is 512 g/mol. The molecule has 1 aliphatic carbocycles. The van der Waals surface area contributed by atoms with Gasteiger partial charge >= 0.3 is 0 Å². The van der Waals surface area contributed by atoms with Crippen LogP contribution >= 0.6 is 0 Å². The van der Waals surface area contributed by atoms with Crippen LogP contribution in [-0.4, -0.2) is 36.0 Å². The molecule has 2 N–H and O–H groups in total. The predicted molar refractivity (Wildman–Crippen MR) is 149 cm³/mol. The van der Waals surface area contributed by atoms with Crippen LogP contribution in [-0.2, 0) is 0 Å². The number of aryl methyl sites for hydroxylation is 1. The van der Waals surface area contributed by atoms with Crippen molar-refractivity contribution in [3.63, 3.8) is 0 Å². The summed E-state index contributed by atoms with van der Waals surface area (Å²) in [6, 6.07) is 21.4. The zero-order valence-corrected chi connectivity index (χ0v) is 21.8. The van der Waals surface area contributed by atoms with Crippen LogP contribution < -0.4 is 14.9 Å². The summed E-state index contributed by atoms with van der Waals surface area (Å²) in [6.07, 6.45) is 0. The lowest BCUT2D eigenvalue weighted by Crippen LogP contribution is -2.21. The van der Waals surface area contributed by atoms with E-state index in [0.717, 1.165) is 5.56 Å². The van der Waals surface area contributed by atoms with Gasteiger partial charge in [0.05, 0.1) is 30.7 Å². The third-order valence-corrected chi connectivity index (χ3v) is 6.54. The number of ketones is 2. The second-order valence-electron chi connectivity index (χ2n) is 9.13. The summed E-state index contributed by atoms with van der Waals surface area (Å²) in [5.74, 6) is 0.484. The lowest BCUT2D eigenvalue weighted by atomic mass is 9.82. The minimum Gasteiger partial charge on any atom is -0.507 e. The Labute approximate surface area is 228 Å². The third kappa shape index (κ3) is 4.67. The molecule has 0 radical (unpaired) electrons. The third-order valence-electron chi connectivity index (χ3n) is 6.54. The van der Waals surface area contributed by atoms with Crippen LogP contribution in [0.3, 0.4) is 0 Å². The molecule has 0 unspecified atom stereocenters. The number of phenolic OH excluding ortho intramolecular Hbond substituents is 2. The zero-order valence-electron chi connectivity index (χ0n) is 21.8. The molecule has 0 aliphatic heterocycles. The zero-order chi connectivity index (χ0) is 28.6. The van der Waals surface area contributed by atoms with E-state index in [-0.39, 0.29) is 45.0 Å². The molecule has 0 saturated heterocycles. The molecule has 6 rings (SSSR count). The molecule has 0 atom stereocenters. The van der Waals surface area contributed by atoms with E-state index in [9.17, 15) is 24.6 Å². The van der Waals surface area contributed by atoms with E-state index in [0.29, 0.717) is 33.8 Å². The van der Waals surface area contributed by atoms with E-state index in [1.54, 1.807) is 45.4 Å². The molecule has 0 bridgehead atoms. The first-order valence-electron chi connectivity index (χ1n) is 12.2. The van der Waals surface area contributed by atoms with Gasteiger partial charge < -0.3 is 24.1 Å². The largest absolute Gasteiger partial charge is 0.507 e. The number of methoxy groups -OCH3 is 2. The Morgan fingerprint density at radius 2 is 1.38 bits per heavy atom. The average molecular weight is 537 g/mol. The number of ether oxygens (including phenoxy) is 2. The number of carbonyl (C=O) groups is 2. The monoisotopic (exact) mass is 536 g/mol. The quantitative estimate of drug-likeness (QED) is 0.297. The SMILES string of the molecule is COc1cccc(-c2cc(=O)c3ccc(OC)cc3o2)c1.Cc1cc(O)c2c(c1)C(=O)c1cccc(O)c1C2=O. The van der Waals surface area contributed by atoms with Crippen molar-refractivity contribution < 1.29 is 33.7 Å². The van der Waals surface area contributed by atoms with Crippen LogP contribution in [0, 0.1) is 6.92 Å². The number of rotatable bonds is 3. The summed E-state index contributed by atoms with van der Waals surface area (Å²) < 4.78 is 16.2. The maximum Gasteiger partial charge on any atom is 0.201 e. The lowest BCUT2D eigenvalue weighted by Gasteiger charge is -2.19. The van der Waals surface area contributed by atoms with Crippen LogP contribution in [0.25, 0.3) is 22.3 Å². The predicted octanol–water partition coefficient (Wildman–Crippen LogP) is 5.66. The molecule has 0 spiro atoms. The summed E-state index contributed by atoms with van der Waals surface area (Å²) in [4.78, 5) is 36.9. The van der Waals surface area contributed by atoms with E-state index >= 15 is 0 Å². The second-order valence-corrected chi connectivity index (χ2v) is 9.13. The summed E-state index contributed by atoms with van der Waals surface area (Å²) in [7, 11) is 3.17. The molecule has 0 saturated carbocycles. The molecule has 1 heterocycles. The number of phenols is 2. The van der Waals surface area contributed by atoms with Gasteiger partial charge in [0.25, 0.3) is 0 Å². The molecule has 1 aromatic heterocycles. The summed E-state index contributed by atoms with van der Waals surface area (Å²) in [5, 5.41) is 20.2. The fourth-order valence-electron chi connectivity index (χ4n) is 4.60. The fourth-order valence-corrected chi connectivity index (χ4v) is 4.60. The van der Waals surface area contributed by atoms with Crippen LogP contribution in [0.4, 0.5) is 0 Å². The van der Waals surface area contributed by atoms with Gasteiger partial charge in [0.2, 0.25) is 5.78 Å². The van der Waals surface area contributed by atoms with Crippen molar-refractivity contribution in [2.45, 2.75) is 6.92 Å². The van der Waals surface area contributed by atoms with Gasteiger partial charge in [0.15, 0.2) is 11.2 Å². The van der Waals surface area contributed by atoms with Gasteiger partial charge in [-0.25, -0.2) is 0 Å². The Hall–Kier alpha value is -5.37. The second kappa shape index (κ2) is 10.4. The normalized spacial score (nSPS) is 11.8. The van der Waals surface area contributed by atoms with Gasteiger partial charge in [-0.1, -0.05) is 24.3 Å². The Bertz CT molecular complexity index is 1870. The fraction of sp³-hybridized carbons (Fsp3) is 0.0938. The number of benzene rings is 4. The van der Waals surface area contributed by atoms with Crippen molar-refractivity contribution >= 4 is 22.5 Å². The number of fused-ring (bicyclic) bond motifs is 3. The molecule has 8 nitrogen and oxygen atoms in total. The first-order chi connectivity index (χ1) is 19.2. The van der Waals surface area contributed by atoms with Crippen molar-refractivity contribution in [1.29, 1.82) is 0 Å². The molecule has 5 aromatic rings. The summed E-state index contributed by atoms with van der Waals surface area (Å²) >= 11 is 0. The Morgan fingerprint density at radius 3 is 2.12 bits per heavy atom. The van der Waals surface area contributed by atoms with E-state index in [1.807, 2.05) is 24.3 Å². The van der Waals surface area contributed by atoms with Crippen LogP contribution in [0.15, 0.2) is 88.1 Å². The smallest absolute Gasteiger partial charge is 0.201 e. The molecule has 40 heavy (non-hydrogen) atoms. The minimum atomic E-state index is -0.528. The maximum atomic E-state index is 12.3. The number of hydrogen-bond acceptors (Lipinski definition) is 8. The molecule has 8 heteroatoms. The van der Waals surface area contributed by atoms with Crippen molar-refractivity contribution in [3.05, 3.63) is 117 Å². The first-order valence-corrected chi connectivity index (χ1v) is 12.2.